The molecule has 1 spiro atoms. The van der Waals surface area contributed by atoms with Crippen molar-refractivity contribution in [2.75, 3.05) is 0 Å². The van der Waals surface area contributed by atoms with Crippen LogP contribution < -0.4 is 5.32 Å². The number of hydrogen-bond donors (Lipinski definition) is 1. The monoisotopic (exact) mass is 335 g/mol. The molecule has 3 aliphatic rings. The fraction of sp³-hybridized carbons (Fsp3) is 0.455. The number of carbonyl (C=O) groups excluding carboxylic acids is 2. The summed E-state index contributed by atoms with van der Waals surface area (Å²) < 4.78 is 0. The van der Waals surface area contributed by atoms with Crippen molar-refractivity contribution in [3.63, 3.8) is 0 Å². The van der Waals surface area contributed by atoms with Crippen LogP contribution in [0.3, 0.4) is 0 Å². The zero-order chi connectivity index (χ0) is 17.6. The van der Waals surface area contributed by atoms with Crippen molar-refractivity contribution in [3.8, 4) is 0 Å². The number of ketones is 1. The lowest BCUT2D eigenvalue weighted by atomic mass is 9.50. The molecular formula is C22H25NO2. The second kappa shape index (κ2) is 5.98. The van der Waals surface area contributed by atoms with Crippen LogP contribution >= 0.6 is 0 Å². The van der Waals surface area contributed by atoms with E-state index in [1.54, 1.807) is 6.20 Å². The second-order valence-corrected chi connectivity index (χ2v) is 7.87. The van der Waals surface area contributed by atoms with E-state index in [2.05, 4.69) is 24.4 Å². The third-order valence-electron chi connectivity index (χ3n) is 6.59. The molecule has 5 atom stereocenters. The zero-order valence-corrected chi connectivity index (χ0v) is 14.9. The maximum absolute atomic E-state index is 13.8. The van der Waals surface area contributed by atoms with E-state index in [1.165, 1.54) is 6.42 Å². The molecule has 1 aromatic rings. The lowest BCUT2D eigenvalue weighted by Gasteiger charge is -2.52. The number of Topliss-reactive ketones (excluding diaryl/α,β-unsaturated/α-hetero) is 1. The van der Waals surface area contributed by atoms with Gasteiger partial charge >= 0.3 is 0 Å². The van der Waals surface area contributed by atoms with Crippen molar-refractivity contribution < 1.29 is 9.59 Å². The summed E-state index contributed by atoms with van der Waals surface area (Å²) in [6.07, 6.45) is 9.31. The topological polar surface area (TPSA) is 46.2 Å². The van der Waals surface area contributed by atoms with Crippen LogP contribution in [0, 0.1) is 29.1 Å². The van der Waals surface area contributed by atoms with Gasteiger partial charge in [-0.05, 0) is 35.7 Å². The summed E-state index contributed by atoms with van der Waals surface area (Å²) in [5.41, 5.74) is 0.548. The van der Waals surface area contributed by atoms with Gasteiger partial charge in [-0.1, -0.05) is 69.2 Å². The molecule has 0 saturated heterocycles. The van der Waals surface area contributed by atoms with Crippen molar-refractivity contribution in [3.05, 3.63) is 54.2 Å². The number of hydrogen-bond acceptors (Lipinski definition) is 2. The van der Waals surface area contributed by atoms with E-state index in [1.807, 2.05) is 37.3 Å². The van der Waals surface area contributed by atoms with E-state index in [0.717, 1.165) is 18.4 Å². The summed E-state index contributed by atoms with van der Waals surface area (Å²) in [4.78, 5) is 26.9. The first kappa shape index (κ1) is 16.3. The molecule has 1 amide bonds. The van der Waals surface area contributed by atoms with Crippen molar-refractivity contribution >= 4 is 17.3 Å². The van der Waals surface area contributed by atoms with Gasteiger partial charge in [-0.2, -0.15) is 0 Å². The molecule has 1 saturated carbocycles. The molecule has 1 aliphatic heterocycles. The first-order valence-corrected chi connectivity index (χ1v) is 9.36. The Hall–Kier alpha value is -2.16. The van der Waals surface area contributed by atoms with E-state index in [0.29, 0.717) is 17.4 Å². The molecule has 2 aliphatic carbocycles. The number of allylic oxidation sites excluding steroid dienone is 3. The third kappa shape index (κ3) is 2.25. The van der Waals surface area contributed by atoms with E-state index in [4.69, 9.17) is 0 Å². The minimum absolute atomic E-state index is 0.00282. The fourth-order valence-electron chi connectivity index (χ4n) is 5.42. The summed E-state index contributed by atoms with van der Waals surface area (Å²) in [6, 6.07) is 9.70. The third-order valence-corrected chi connectivity index (χ3v) is 6.59. The highest BCUT2D eigenvalue weighted by molar-refractivity contribution is 6.32. The lowest BCUT2D eigenvalue weighted by Crippen LogP contribution is -2.61. The maximum atomic E-state index is 13.8. The molecule has 0 aromatic heterocycles. The van der Waals surface area contributed by atoms with Gasteiger partial charge < -0.3 is 5.32 Å². The lowest BCUT2D eigenvalue weighted by molar-refractivity contribution is -0.152. The van der Waals surface area contributed by atoms with Crippen LogP contribution in [0.4, 0.5) is 0 Å². The summed E-state index contributed by atoms with van der Waals surface area (Å²) in [5.74, 6) is 0.581. The SMILES string of the molecule is C[C@@H]1C=C[C@@H]2CCC[C@H](C)[C@H]2[C@]12C(=O)NC=C(c1ccccc1)C2=O. The molecule has 0 bridgehead atoms. The highest BCUT2D eigenvalue weighted by atomic mass is 16.2. The fourth-order valence-corrected chi connectivity index (χ4v) is 5.42. The van der Waals surface area contributed by atoms with Gasteiger partial charge in [0.25, 0.3) is 0 Å². The van der Waals surface area contributed by atoms with Crippen LogP contribution in [-0.4, -0.2) is 11.7 Å². The van der Waals surface area contributed by atoms with Crippen LogP contribution in [0.5, 0.6) is 0 Å². The van der Waals surface area contributed by atoms with Crippen LogP contribution in [0.25, 0.3) is 5.57 Å². The zero-order valence-electron chi connectivity index (χ0n) is 14.9. The van der Waals surface area contributed by atoms with Crippen LogP contribution in [0.15, 0.2) is 48.7 Å². The minimum atomic E-state index is -0.973. The summed E-state index contributed by atoms with van der Waals surface area (Å²) in [7, 11) is 0. The number of carbonyl (C=O) groups is 2. The van der Waals surface area contributed by atoms with E-state index < -0.39 is 5.41 Å². The summed E-state index contributed by atoms with van der Waals surface area (Å²) >= 11 is 0. The standard InChI is InChI=1S/C22H25NO2/c1-14-7-6-10-17-12-11-15(2)22(19(14)17)20(24)18(13-23-21(22)25)16-8-4-3-5-9-16/h3-5,8-9,11-15,17,19H,6-7,10H2,1-2H3,(H,23,25)/t14-,15+,17-,19+,22+/m0/s1. The number of fused-ring (bicyclic) bond motifs is 2. The van der Waals surface area contributed by atoms with Gasteiger partial charge in [-0.3, -0.25) is 9.59 Å². The van der Waals surface area contributed by atoms with Gasteiger partial charge in [0.15, 0.2) is 5.78 Å². The van der Waals surface area contributed by atoms with Gasteiger partial charge in [0, 0.05) is 11.8 Å². The smallest absolute Gasteiger partial charge is 0.238 e. The molecule has 1 aromatic carbocycles. The van der Waals surface area contributed by atoms with Crippen molar-refractivity contribution in [1.82, 2.24) is 5.32 Å². The minimum Gasteiger partial charge on any atom is -0.331 e. The Balaban J connectivity index is 1.86. The second-order valence-electron chi connectivity index (χ2n) is 7.87. The molecule has 1 N–H and O–H groups in total. The molecule has 0 unspecified atom stereocenters. The Bertz CT molecular complexity index is 763. The summed E-state index contributed by atoms with van der Waals surface area (Å²) in [6.45, 7) is 4.24. The Labute approximate surface area is 149 Å². The van der Waals surface area contributed by atoms with E-state index in [-0.39, 0.29) is 23.5 Å². The highest BCUT2D eigenvalue weighted by Crippen LogP contribution is 2.56. The van der Waals surface area contributed by atoms with Crippen LogP contribution in [0.2, 0.25) is 0 Å². The molecule has 3 nitrogen and oxygen atoms in total. The van der Waals surface area contributed by atoms with Gasteiger partial charge in [-0.25, -0.2) is 0 Å². The number of nitrogens with one attached hydrogen (secondary N) is 1. The van der Waals surface area contributed by atoms with Gasteiger partial charge in [0.2, 0.25) is 5.91 Å². The number of benzene rings is 1. The summed E-state index contributed by atoms with van der Waals surface area (Å²) in [5, 5.41) is 2.95. The predicted molar refractivity (Wildman–Crippen MR) is 98.3 cm³/mol. The number of rotatable bonds is 1. The van der Waals surface area contributed by atoms with Gasteiger partial charge in [0.1, 0.15) is 5.41 Å². The average molecular weight is 335 g/mol. The largest absolute Gasteiger partial charge is 0.331 e. The molecule has 25 heavy (non-hydrogen) atoms. The van der Waals surface area contributed by atoms with Crippen molar-refractivity contribution in [2.24, 2.45) is 29.1 Å². The molecule has 1 fully saturated rings. The molecule has 4 rings (SSSR count). The average Bonchev–Trinajstić information content (AvgIpc) is 2.62. The van der Waals surface area contributed by atoms with Gasteiger partial charge in [0.05, 0.1) is 0 Å². The molecule has 3 heteroatoms. The number of amides is 1. The Morgan fingerprint density at radius 2 is 1.80 bits per heavy atom. The van der Waals surface area contributed by atoms with Crippen LogP contribution in [0.1, 0.15) is 38.7 Å². The van der Waals surface area contributed by atoms with Crippen molar-refractivity contribution in [1.29, 1.82) is 0 Å². The van der Waals surface area contributed by atoms with E-state index in [9.17, 15) is 9.59 Å². The Morgan fingerprint density at radius 1 is 1.04 bits per heavy atom. The molecule has 130 valence electrons. The normalized spacial score (nSPS) is 37.4. The molecule has 1 heterocycles. The van der Waals surface area contributed by atoms with Gasteiger partial charge in [-0.15, -0.1) is 0 Å². The Kier molecular flexibility index (Phi) is 3.90. The molecular weight excluding hydrogens is 310 g/mol. The molecule has 0 radical (unpaired) electrons. The quantitative estimate of drug-likeness (QED) is 0.623. The predicted octanol–water partition coefficient (Wildman–Crippen LogP) is 3.97. The van der Waals surface area contributed by atoms with E-state index >= 15 is 0 Å². The maximum Gasteiger partial charge on any atom is 0.238 e. The highest BCUT2D eigenvalue weighted by Gasteiger charge is 2.61. The van der Waals surface area contributed by atoms with Crippen LogP contribution in [-0.2, 0) is 9.59 Å². The first-order valence-electron chi connectivity index (χ1n) is 9.36. The Morgan fingerprint density at radius 3 is 2.56 bits per heavy atom. The first-order chi connectivity index (χ1) is 12.1. The van der Waals surface area contributed by atoms with Crippen molar-refractivity contribution in [2.45, 2.75) is 33.1 Å².